The van der Waals surface area contributed by atoms with Crippen LogP contribution in [-0.4, -0.2) is 38.9 Å². The van der Waals surface area contributed by atoms with Crippen molar-refractivity contribution < 1.29 is 23.8 Å². The molecule has 0 heterocycles. The molecule has 19 heavy (non-hydrogen) atoms. The van der Waals surface area contributed by atoms with E-state index in [2.05, 4.69) is 0 Å². The van der Waals surface area contributed by atoms with E-state index < -0.39 is 17.4 Å². The average Bonchev–Trinajstić information content (AvgIpc) is 2.34. The first-order chi connectivity index (χ1) is 8.97. The van der Waals surface area contributed by atoms with Crippen molar-refractivity contribution in [2.45, 2.75) is 40.5 Å². The molecular weight excluding hydrogens is 248 g/mol. The Kier molecular flexibility index (Phi) is 8.39. The SMILES string of the molecule is CCOC(=O)C(CCCOC)(C(=O)OCC)C(C)C. The van der Waals surface area contributed by atoms with Gasteiger partial charge in [-0.1, -0.05) is 13.8 Å². The summed E-state index contributed by atoms with van der Waals surface area (Å²) < 4.78 is 15.2. The number of hydrogen-bond donors (Lipinski definition) is 0. The van der Waals surface area contributed by atoms with E-state index in [1.807, 2.05) is 13.8 Å². The molecule has 0 saturated heterocycles. The standard InChI is InChI=1S/C14H26O5/c1-6-18-12(15)14(11(3)4,9-8-10-17-5)13(16)19-7-2/h11H,6-10H2,1-5H3. The zero-order valence-electron chi connectivity index (χ0n) is 12.7. The second-order valence-electron chi connectivity index (χ2n) is 4.66. The summed E-state index contributed by atoms with van der Waals surface area (Å²) in [4.78, 5) is 24.5. The van der Waals surface area contributed by atoms with Crippen LogP contribution in [0.15, 0.2) is 0 Å². The summed E-state index contributed by atoms with van der Waals surface area (Å²) in [6.45, 7) is 8.11. The van der Waals surface area contributed by atoms with E-state index in [4.69, 9.17) is 14.2 Å². The molecule has 0 rings (SSSR count). The van der Waals surface area contributed by atoms with Crippen molar-refractivity contribution in [2.75, 3.05) is 26.9 Å². The van der Waals surface area contributed by atoms with Crippen molar-refractivity contribution in [3.8, 4) is 0 Å². The fourth-order valence-corrected chi connectivity index (χ4v) is 2.06. The predicted molar refractivity (Wildman–Crippen MR) is 71.6 cm³/mol. The van der Waals surface area contributed by atoms with Crippen molar-refractivity contribution in [1.82, 2.24) is 0 Å². The van der Waals surface area contributed by atoms with E-state index in [-0.39, 0.29) is 19.1 Å². The first-order valence-electron chi connectivity index (χ1n) is 6.80. The van der Waals surface area contributed by atoms with Crippen LogP contribution in [0.25, 0.3) is 0 Å². The lowest BCUT2D eigenvalue weighted by Gasteiger charge is -2.32. The molecule has 0 unspecified atom stereocenters. The molecule has 0 spiro atoms. The predicted octanol–water partition coefficient (Wildman–Crippen LogP) is 2.18. The number of ether oxygens (including phenoxy) is 3. The van der Waals surface area contributed by atoms with Crippen LogP contribution in [0.5, 0.6) is 0 Å². The van der Waals surface area contributed by atoms with Gasteiger partial charge in [0.25, 0.3) is 0 Å². The zero-order valence-corrected chi connectivity index (χ0v) is 12.7. The van der Waals surface area contributed by atoms with E-state index in [9.17, 15) is 9.59 Å². The Bertz CT molecular complexity index is 268. The fourth-order valence-electron chi connectivity index (χ4n) is 2.06. The Balaban J connectivity index is 5.21. The van der Waals surface area contributed by atoms with Crippen LogP contribution in [0.3, 0.4) is 0 Å². The van der Waals surface area contributed by atoms with Crippen molar-refractivity contribution >= 4 is 11.9 Å². The van der Waals surface area contributed by atoms with Gasteiger partial charge in [-0.3, -0.25) is 9.59 Å². The largest absolute Gasteiger partial charge is 0.465 e. The summed E-state index contributed by atoms with van der Waals surface area (Å²) in [5.74, 6) is -1.19. The van der Waals surface area contributed by atoms with Gasteiger partial charge in [0.2, 0.25) is 0 Å². The highest BCUT2D eigenvalue weighted by atomic mass is 16.6. The lowest BCUT2D eigenvalue weighted by Crippen LogP contribution is -2.46. The van der Waals surface area contributed by atoms with Crippen LogP contribution in [0.2, 0.25) is 0 Å². The molecule has 0 amide bonds. The number of hydrogen-bond acceptors (Lipinski definition) is 5. The number of methoxy groups -OCH3 is 1. The summed E-state index contributed by atoms with van der Waals surface area (Å²) in [7, 11) is 1.59. The minimum absolute atomic E-state index is 0.192. The Morgan fingerprint density at radius 1 is 1.05 bits per heavy atom. The third-order valence-electron chi connectivity index (χ3n) is 3.18. The molecule has 0 radical (unpaired) electrons. The van der Waals surface area contributed by atoms with Gasteiger partial charge < -0.3 is 14.2 Å². The normalized spacial score (nSPS) is 11.5. The summed E-state index contributed by atoms with van der Waals surface area (Å²) >= 11 is 0. The van der Waals surface area contributed by atoms with Crippen LogP contribution in [0.1, 0.15) is 40.5 Å². The molecule has 0 aromatic heterocycles. The van der Waals surface area contributed by atoms with Crippen LogP contribution >= 0.6 is 0 Å². The maximum Gasteiger partial charge on any atom is 0.323 e. The quantitative estimate of drug-likeness (QED) is 0.366. The monoisotopic (exact) mass is 274 g/mol. The highest BCUT2D eigenvalue weighted by Crippen LogP contribution is 2.36. The van der Waals surface area contributed by atoms with E-state index >= 15 is 0 Å². The number of rotatable bonds is 9. The molecule has 112 valence electrons. The number of esters is 2. The zero-order chi connectivity index (χ0) is 14.9. The minimum Gasteiger partial charge on any atom is -0.465 e. The average molecular weight is 274 g/mol. The van der Waals surface area contributed by atoms with Crippen LogP contribution < -0.4 is 0 Å². The lowest BCUT2D eigenvalue weighted by molar-refractivity contribution is -0.177. The third-order valence-corrected chi connectivity index (χ3v) is 3.18. The molecule has 0 aliphatic heterocycles. The third kappa shape index (κ3) is 4.49. The summed E-state index contributed by atoms with van der Waals surface area (Å²) in [6.07, 6.45) is 0.975. The highest BCUT2D eigenvalue weighted by Gasteiger charge is 2.50. The molecule has 0 aromatic rings. The van der Waals surface area contributed by atoms with Crippen molar-refractivity contribution in [3.05, 3.63) is 0 Å². The maximum absolute atomic E-state index is 12.3. The van der Waals surface area contributed by atoms with Gasteiger partial charge in [-0.15, -0.1) is 0 Å². The van der Waals surface area contributed by atoms with Crippen LogP contribution in [-0.2, 0) is 23.8 Å². The highest BCUT2D eigenvalue weighted by molar-refractivity contribution is 6.00. The molecule has 0 fully saturated rings. The first kappa shape index (κ1) is 17.9. The second-order valence-corrected chi connectivity index (χ2v) is 4.66. The molecule has 0 saturated carbocycles. The lowest BCUT2D eigenvalue weighted by atomic mass is 9.73. The van der Waals surface area contributed by atoms with Crippen molar-refractivity contribution in [3.63, 3.8) is 0 Å². The van der Waals surface area contributed by atoms with Gasteiger partial charge in [0.1, 0.15) is 0 Å². The van der Waals surface area contributed by atoms with Crippen LogP contribution in [0, 0.1) is 11.3 Å². The number of carbonyl (C=O) groups is 2. The number of carbonyl (C=O) groups excluding carboxylic acids is 2. The van der Waals surface area contributed by atoms with E-state index in [1.54, 1.807) is 21.0 Å². The Morgan fingerprint density at radius 2 is 1.53 bits per heavy atom. The molecular formula is C14H26O5. The van der Waals surface area contributed by atoms with E-state index in [0.717, 1.165) is 0 Å². The Labute approximate surface area is 115 Å². The smallest absolute Gasteiger partial charge is 0.323 e. The van der Waals surface area contributed by atoms with E-state index in [1.165, 1.54) is 0 Å². The van der Waals surface area contributed by atoms with Gasteiger partial charge in [-0.25, -0.2) is 0 Å². The van der Waals surface area contributed by atoms with Gasteiger partial charge in [0.15, 0.2) is 5.41 Å². The van der Waals surface area contributed by atoms with Gasteiger partial charge in [-0.2, -0.15) is 0 Å². The molecule has 0 N–H and O–H groups in total. The molecule has 0 aliphatic carbocycles. The molecule has 5 nitrogen and oxygen atoms in total. The van der Waals surface area contributed by atoms with Crippen molar-refractivity contribution in [2.24, 2.45) is 11.3 Å². The molecule has 5 heteroatoms. The first-order valence-corrected chi connectivity index (χ1v) is 6.80. The van der Waals surface area contributed by atoms with Gasteiger partial charge >= 0.3 is 11.9 Å². The van der Waals surface area contributed by atoms with Crippen molar-refractivity contribution in [1.29, 1.82) is 0 Å². The van der Waals surface area contributed by atoms with Gasteiger partial charge in [-0.05, 0) is 32.6 Å². The Morgan fingerprint density at radius 3 is 1.84 bits per heavy atom. The summed E-state index contributed by atoms with van der Waals surface area (Å²) in [6, 6.07) is 0. The fraction of sp³-hybridized carbons (Fsp3) is 0.857. The molecule has 0 aliphatic rings. The van der Waals surface area contributed by atoms with Crippen LogP contribution in [0.4, 0.5) is 0 Å². The minimum atomic E-state index is -1.23. The van der Waals surface area contributed by atoms with Gasteiger partial charge in [0.05, 0.1) is 13.2 Å². The van der Waals surface area contributed by atoms with E-state index in [0.29, 0.717) is 19.4 Å². The second kappa shape index (κ2) is 8.91. The van der Waals surface area contributed by atoms with Gasteiger partial charge in [0, 0.05) is 13.7 Å². The molecule has 0 bridgehead atoms. The topological polar surface area (TPSA) is 61.8 Å². The summed E-state index contributed by atoms with van der Waals surface area (Å²) in [5.41, 5.74) is -1.23. The molecule has 0 aromatic carbocycles. The Hall–Kier alpha value is -1.10. The maximum atomic E-state index is 12.3. The summed E-state index contributed by atoms with van der Waals surface area (Å²) in [5, 5.41) is 0. The molecule has 0 atom stereocenters.